The van der Waals surface area contributed by atoms with Gasteiger partial charge in [-0.2, -0.15) is 4.31 Å². The van der Waals surface area contributed by atoms with Crippen molar-refractivity contribution in [3.05, 3.63) is 64.7 Å². The molecule has 3 rings (SSSR count). The molecular weight excluding hydrogens is 438 g/mol. The van der Waals surface area contributed by atoms with E-state index in [2.05, 4.69) is 5.32 Å². The summed E-state index contributed by atoms with van der Waals surface area (Å²) in [6.07, 6.45) is 3.51. The van der Waals surface area contributed by atoms with Crippen molar-refractivity contribution in [1.82, 2.24) is 9.21 Å². The zero-order chi connectivity index (χ0) is 22.4. The zero-order valence-corrected chi connectivity index (χ0v) is 19.0. The summed E-state index contributed by atoms with van der Waals surface area (Å²) in [6, 6.07) is 13.8. The number of nitrogens with one attached hydrogen (secondary N) is 1. The number of halogens is 1. The van der Waals surface area contributed by atoms with Crippen LogP contribution in [-0.4, -0.2) is 55.3 Å². The maximum Gasteiger partial charge on any atom is 0.239 e. The number of amides is 2. The average Bonchev–Trinajstić information content (AvgIpc) is 3.25. The number of carbonyl (C=O) groups excluding carboxylic acids is 2. The van der Waals surface area contributed by atoms with E-state index in [4.69, 9.17) is 11.6 Å². The molecule has 0 atom stereocenters. The van der Waals surface area contributed by atoms with Gasteiger partial charge in [0.1, 0.15) is 0 Å². The molecule has 0 saturated carbocycles. The molecule has 166 valence electrons. The summed E-state index contributed by atoms with van der Waals surface area (Å²) in [5, 5.41) is 3.27. The fraction of sp³-hybridized carbons (Fsp3) is 0.364. The van der Waals surface area contributed by atoms with Crippen LogP contribution < -0.4 is 5.32 Å². The van der Waals surface area contributed by atoms with E-state index in [1.54, 1.807) is 48.5 Å². The lowest BCUT2D eigenvalue weighted by Gasteiger charge is -2.20. The summed E-state index contributed by atoms with van der Waals surface area (Å²) in [4.78, 5) is 26.6. The lowest BCUT2D eigenvalue weighted by atomic mass is 10.1. The first-order chi connectivity index (χ1) is 14.7. The number of likely N-dealkylation sites (tertiary alicyclic amines) is 1. The Morgan fingerprint density at radius 1 is 1.00 bits per heavy atom. The van der Waals surface area contributed by atoms with Crippen LogP contribution in [0.25, 0.3) is 0 Å². The Kier molecular flexibility index (Phi) is 7.69. The van der Waals surface area contributed by atoms with E-state index in [0.29, 0.717) is 17.1 Å². The Morgan fingerprint density at radius 3 is 2.16 bits per heavy atom. The molecule has 2 amide bonds. The number of sulfonamides is 1. The summed E-state index contributed by atoms with van der Waals surface area (Å²) in [5.74, 6) is -0.333. The van der Waals surface area contributed by atoms with Gasteiger partial charge in [0.05, 0.1) is 19.2 Å². The Morgan fingerprint density at radius 2 is 1.58 bits per heavy atom. The number of nitrogens with zero attached hydrogens (tertiary/aromatic N) is 2. The number of anilines is 1. The van der Waals surface area contributed by atoms with Crippen molar-refractivity contribution in [1.29, 1.82) is 0 Å². The monoisotopic (exact) mass is 463 g/mol. The Labute approximate surface area is 188 Å². The van der Waals surface area contributed by atoms with Crippen molar-refractivity contribution in [2.45, 2.75) is 25.8 Å². The number of benzene rings is 2. The van der Waals surface area contributed by atoms with E-state index in [1.807, 2.05) is 4.90 Å². The SMILES string of the molecule is CS(=O)(=O)N(CC(=O)Nc1ccc(CC(=O)N2CCCC2)cc1)Cc1ccc(Cl)cc1. The third-order valence-electron chi connectivity index (χ3n) is 5.11. The van der Waals surface area contributed by atoms with E-state index in [0.717, 1.165) is 47.6 Å². The van der Waals surface area contributed by atoms with Crippen molar-refractivity contribution in [3.63, 3.8) is 0 Å². The lowest BCUT2D eigenvalue weighted by molar-refractivity contribution is -0.129. The maximum absolute atomic E-state index is 12.5. The van der Waals surface area contributed by atoms with E-state index < -0.39 is 15.9 Å². The molecule has 0 unspecified atom stereocenters. The second-order valence-corrected chi connectivity index (χ2v) is 10.1. The summed E-state index contributed by atoms with van der Waals surface area (Å²) in [7, 11) is -3.59. The van der Waals surface area contributed by atoms with Crippen molar-refractivity contribution in [2.24, 2.45) is 0 Å². The largest absolute Gasteiger partial charge is 0.342 e. The molecule has 1 aliphatic heterocycles. The minimum atomic E-state index is -3.59. The molecule has 1 N–H and O–H groups in total. The normalized spacial score (nSPS) is 14.1. The van der Waals surface area contributed by atoms with Gasteiger partial charge < -0.3 is 10.2 Å². The number of hydrogen-bond acceptors (Lipinski definition) is 4. The number of hydrogen-bond donors (Lipinski definition) is 1. The van der Waals surface area contributed by atoms with Gasteiger partial charge in [0.2, 0.25) is 21.8 Å². The van der Waals surface area contributed by atoms with Gasteiger partial charge in [0.15, 0.2) is 0 Å². The highest BCUT2D eigenvalue weighted by atomic mass is 35.5. The first kappa shape index (κ1) is 23.2. The van der Waals surface area contributed by atoms with Crippen molar-refractivity contribution in [3.8, 4) is 0 Å². The molecule has 0 spiro atoms. The third kappa shape index (κ3) is 7.05. The van der Waals surface area contributed by atoms with Crippen LogP contribution in [0.5, 0.6) is 0 Å². The second kappa shape index (κ2) is 10.3. The van der Waals surface area contributed by atoms with Gasteiger partial charge >= 0.3 is 0 Å². The molecule has 0 bridgehead atoms. The predicted octanol–water partition coefficient (Wildman–Crippen LogP) is 2.91. The molecule has 9 heteroatoms. The van der Waals surface area contributed by atoms with Crippen LogP contribution in [0.15, 0.2) is 48.5 Å². The van der Waals surface area contributed by atoms with Gasteiger partial charge in [-0.3, -0.25) is 9.59 Å². The van der Waals surface area contributed by atoms with Crippen molar-refractivity contribution in [2.75, 3.05) is 31.2 Å². The fourth-order valence-electron chi connectivity index (χ4n) is 3.40. The topological polar surface area (TPSA) is 86.8 Å². The summed E-state index contributed by atoms with van der Waals surface area (Å²) >= 11 is 5.87. The van der Waals surface area contributed by atoms with Crippen LogP contribution in [0, 0.1) is 0 Å². The summed E-state index contributed by atoms with van der Waals surface area (Å²) < 4.78 is 25.4. The smallest absolute Gasteiger partial charge is 0.239 e. The van der Waals surface area contributed by atoms with Gasteiger partial charge in [-0.1, -0.05) is 35.9 Å². The molecule has 1 heterocycles. The molecule has 0 aromatic heterocycles. The first-order valence-corrected chi connectivity index (χ1v) is 12.3. The Balaban J connectivity index is 1.57. The average molecular weight is 464 g/mol. The lowest BCUT2D eigenvalue weighted by Crippen LogP contribution is -2.36. The molecule has 2 aromatic rings. The van der Waals surface area contributed by atoms with Crippen molar-refractivity contribution < 1.29 is 18.0 Å². The quantitative estimate of drug-likeness (QED) is 0.652. The number of carbonyl (C=O) groups is 2. The molecule has 2 aromatic carbocycles. The Bertz CT molecular complexity index is 1020. The van der Waals surface area contributed by atoms with Gasteiger partial charge in [0, 0.05) is 30.3 Å². The van der Waals surface area contributed by atoms with Crippen LogP contribution in [0.3, 0.4) is 0 Å². The minimum Gasteiger partial charge on any atom is -0.342 e. The van der Waals surface area contributed by atoms with Crippen LogP contribution in [0.1, 0.15) is 24.0 Å². The van der Waals surface area contributed by atoms with E-state index in [9.17, 15) is 18.0 Å². The minimum absolute atomic E-state index is 0.0704. The molecule has 0 radical (unpaired) electrons. The second-order valence-electron chi connectivity index (χ2n) is 7.67. The van der Waals surface area contributed by atoms with E-state index in [-0.39, 0.29) is 19.0 Å². The molecule has 1 fully saturated rings. The highest BCUT2D eigenvalue weighted by Crippen LogP contribution is 2.15. The van der Waals surface area contributed by atoms with Crippen LogP contribution in [0.4, 0.5) is 5.69 Å². The summed E-state index contributed by atoms with van der Waals surface area (Å²) in [5.41, 5.74) is 2.15. The molecule has 0 aliphatic carbocycles. The fourth-order valence-corrected chi connectivity index (χ4v) is 4.26. The molecule has 31 heavy (non-hydrogen) atoms. The van der Waals surface area contributed by atoms with E-state index in [1.165, 1.54) is 0 Å². The van der Waals surface area contributed by atoms with Crippen LogP contribution in [0.2, 0.25) is 5.02 Å². The standard InChI is InChI=1S/C22H26ClN3O4S/c1-31(29,30)26(15-18-4-8-19(23)9-5-18)16-21(27)24-20-10-6-17(7-11-20)14-22(28)25-12-2-3-13-25/h4-11H,2-3,12-16H2,1H3,(H,24,27). The zero-order valence-electron chi connectivity index (χ0n) is 17.4. The highest BCUT2D eigenvalue weighted by Gasteiger charge is 2.21. The molecule has 1 aliphatic rings. The van der Waals surface area contributed by atoms with Gasteiger partial charge in [-0.15, -0.1) is 0 Å². The van der Waals surface area contributed by atoms with E-state index >= 15 is 0 Å². The molecule has 1 saturated heterocycles. The predicted molar refractivity (Wildman–Crippen MR) is 121 cm³/mol. The maximum atomic E-state index is 12.5. The van der Waals surface area contributed by atoms with Gasteiger partial charge in [-0.25, -0.2) is 8.42 Å². The third-order valence-corrected chi connectivity index (χ3v) is 6.56. The van der Waals surface area contributed by atoms with Crippen molar-refractivity contribution >= 4 is 39.1 Å². The van der Waals surface area contributed by atoms with Crippen LogP contribution in [-0.2, 0) is 32.6 Å². The van der Waals surface area contributed by atoms with Gasteiger partial charge in [-0.05, 0) is 48.2 Å². The molecule has 7 nitrogen and oxygen atoms in total. The molecular formula is C22H26ClN3O4S. The first-order valence-electron chi connectivity index (χ1n) is 10.1. The number of rotatable bonds is 8. The summed E-state index contributed by atoms with van der Waals surface area (Å²) in [6.45, 7) is 1.40. The van der Waals surface area contributed by atoms with Gasteiger partial charge in [0.25, 0.3) is 0 Å². The Hall–Kier alpha value is -2.42. The van der Waals surface area contributed by atoms with Crippen LogP contribution >= 0.6 is 11.6 Å². The highest BCUT2D eigenvalue weighted by molar-refractivity contribution is 7.88.